The second kappa shape index (κ2) is 6.78. The highest BCUT2D eigenvalue weighted by Gasteiger charge is 2.34. The van der Waals surface area contributed by atoms with Gasteiger partial charge in [-0.3, -0.25) is 0 Å². The van der Waals surface area contributed by atoms with Crippen LogP contribution >= 0.6 is 0 Å². The van der Waals surface area contributed by atoms with E-state index in [2.05, 4.69) is 10.1 Å². The Morgan fingerprint density at radius 3 is 2.32 bits per heavy atom. The van der Waals surface area contributed by atoms with Crippen molar-refractivity contribution in [3.63, 3.8) is 0 Å². The number of alkyl carbamates (subject to hydrolysis) is 1. The van der Waals surface area contributed by atoms with E-state index in [1.54, 1.807) is 20.8 Å². The standard InChI is InChI=1S/C13H20N2O4/c1-12(2,3)19-11(17)15-13(4,10(16)18-5)8-6-7-9-14/h6,8H,7H2,1-5H3,(H,15,17)/b8-6+/t13-/m1/s1. The normalized spacial score (nSPS) is 14.3. The van der Waals surface area contributed by atoms with E-state index >= 15 is 0 Å². The monoisotopic (exact) mass is 268 g/mol. The van der Waals surface area contributed by atoms with Gasteiger partial charge in [0.15, 0.2) is 5.54 Å². The summed E-state index contributed by atoms with van der Waals surface area (Å²) in [6.07, 6.45) is 2.28. The van der Waals surface area contributed by atoms with Crippen LogP contribution < -0.4 is 5.32 Å². The van der Waals surface area contributed by atoms with E-state index in [-0.39, 0.29) is 6.42 Å². The maximum Gasteiger partial charge on any atom is 0.408 e. The predicted molar refractivity (Wildman–Crippen MR) is 69.2 cm³/mol. The average Bonchev–Trinajstić information content (AvgIpc) is 2.25. The van der Waals surface area contributed by atoms with Crippen LogP contribution in [-0.4, -0.2) is 30.3 Å². The molecule has 6 nitrogen and oxygen atoms in total. The van der Waals surface area contributed by atoms with Crippen molar-refractivity contribution in [1.29, 1.82) is 5.26 Å². The Labute approximate surface area is 113 Å². The van der Waals surface area contributed by atoms with Crippen molar-refractivity contribution in [3.8, 4) is 6.07 Å². The number of carbonyl (C=O) groups is 2. The Bertz CT molecular complexity index is 404. The van der Waals surface area contributed by atoms with Crippen LogP contribution in [-0.2, 0) is 14.3 Å². The molecule has 0 unspecified atom stereocenters. The number of esters is 1. The third kappa shape index (κ3) is 6.46. The molecule has 0 aliphatic carbocycles. The number of ether oxygens (including phenoxy) is 2. The van der Waals surface area contributed by atoms with Crippen molar-refractivity contribution in [1.82, 2.24) is 5.32 Å². The molecular formula is C13H20N2O4. The summed E-state index contributed by atoms with van der Waals surface area (Å²) in [6.45, 7) is 6.62. The van der Waals surface area contributed by atoms with E-state index in [9.17, 15) is 9.59 Å². The zero-order valence-corrected chi connectivity index (χ0v) is 11.9. The summed E-state index contributed by atoms with van der Waals surface area (Å²) < 4.78 is 9.71. The van der Waals surface area contributed by atoms with E-state index < -0.39 is 23.2 Å². The molecule has 0 aliphatic heterocycles. The van der Waals surface area contributed by atoms with Crippen LogP contribution in [0.1, 0.15) is 34.1 Å². The van der Waals surface area contributed by atoms with Crippen molar-refractivity contribution < 1.29 is 19.1 Å². The van der Waals surface area contributed by atoms with Crippen molar-refractivity contribution in [3.05, 3.63) is 12.2 Å². The van der Waals surface area contributed by atoms with Crippen LogP contribution in [0.2, 0.25) is 0 Å². The largest absolute Gasteiger partial charge is 0.467 e. The third-order valence-electron chi connectivity index (χ3n) is 2.03. The fraction of sp³-hybridized carbons (Fsp3) is 0.615. The van der Waals surface area contributed by atoms with E-state index in [1.807, 2.05) is 6.07 Å². The molecule has 0 aromatic heterocycles. The summed E-state index contributed by atoms with van der Waals surface area (Å²) in [5.41, 5.74) is -2.04. The van der Waals surface area contributed by atoms with Gasteiger partial charge in [0.1, 0.15) is 5.60 Å². The zero-order chi connectivity index (χ0) is 15.1. The Hall–Kier alpha value is -2.03. The summed E-state index contributed by atoms with van der Waals surface area (Å²) in [5.74, 6) is -0.646. The van der Waals surface area contributed by atoms with Gasteiger partial charge in [-0.05, 0) is 27.7 Å². The molecule has 0 heterocycles. The number of nitriles is 1. The number of hydrogen-bond acceptors (Lipinski definition) is 5. The summed E-state index contributed by atoms with van der Waals surface area (Å²) in [4.78, 5) is 23.4. The summed E-state index contributed by atoms with van der Waals surface area (Å²) in [7, 11) is 1.22. The highest BCUT2D eigenvalue weighted by Crippen LogP contribution is 2.12. The molecule has 0 aromatic rings. The van der Waals surface area contributed by atoms with Gasteiger partial charge in [-0.25, -0.2) is 9.59 Å². The van der Waals surface area contributed by atoms with Crippen LogP contribution in [0, 0.1) is 11.3 Å². The maximum atomic E-state index is 11.7. The molecule has 0 bridgehead atoms. The lowest BCUT2D eigenvalue weighted by atomic mass is 10.0. The number of hydrogen-bond donors (Lipinski definition) is 1. The summed E-state index contributed by atoms with van der Waals surface area (Å²) >= 11 is 0. The van der Waals surface area contributed by atoms with Gasteiger partial charge in [-0.1, -0.05) is 12.2 Å². The minimum atomic E-state index is -1.37. The van der Waals surface area contributed by atoms with Gasteiger partial charge in [-0.15, -0.1) is 0 Å². The van der Waals surface area contributed by atoms with Crippen LogP contribution in [0.25, 0.3) is 0 Å². The molecule has 0 saturated carbocycles. The van der Waals surface area contributed by atoms with Crippen LogP contribution in [0.5, 0.6) is 0 Å². The molecule has 106 valence electrons. The van der Waals surface area contributed by atoms with Gasteiger partial charge in [0.25, 0.3) is 0 Å². The second-order valence-electron chi connectivity index (χ2n) is 5.09. The SMILES string of the molecule is COC(=O)[C@@](C)(/C=C/CC#N)NC(=O)OC(C)(C)C. The number of rotatable bonds is 4. The van der Waals surface area contributed by atoms with Crippen LogP contribution in [0.15, 0.2) is 12.2 Å². The van der Waals surface area contributed by atoms with Crippen molar-refractivity contribution >= 4 is 12.1 Å². The topological polar surface area (TPSA) is 88.4 Å². The van der Waals surface area contributed by atoms with Gasteiger partial charge in [-0.2, -0.15) is 5.26 Å². The molecule has 1 atom stereocenters. The number of amides is 1. The molecule has 1 amide bonds. The Balaban J connectivity index is 4.93. The first kappa shape index (κ1) is 17.0. The quantitative estimate of drug-likeness (QED) is 0.621. The van der Waals surface area contributed by atoms with Crippen molar-refractivity contribution in [2.45, 2.75) is 45.3 Å². The Morgan fingerprint density at radius 2 is 1.89 bits per heavy atom. The van der Waals surface area contributed by atoms with Crippen LogP contribution in [0.3, 0.4) is 0 Å². The van der Waals surface area contributed by atoms with E-state index in [0.29, 0.717) is 0 Å². The minimum Gasteiger partial charge on any atom is -0.467 e. The van der Waals surface area contributed by atoms with Crippen molar-refractivity contribution in [2.24, 2.45) is 0 Å². The minimum absolute atomic E-state index is 0.128. The molecule has 19 heavy (non-hydrogen) atoms. The Morgan fingerprint density at radius 1 is 1.32 bits per heavy atom. The number of nitrogens with zero attached hydrogens (tertiary/aromatic N) is 1. The predicted octanol–water partition coefficient (Wildman–Crippen LogP) is 1.91. The molecule has 0 saturated heterocycles. The highest BCUT2D eigenvalue weighted by atomic mass is 16.6. The van der Waals surface area contributed by atoms with Crippen LogP contribution in [0.4, 0.5) is 4.79 Å². The molecule has 0 spiro atoms. The second-order valence-corrected chi connectivity index (χ2v) is 5.09. The summed E-state index contributed by atoms with van der Waals surface area (Å²) in [6, 6.07) is 1.91. The maximum absolute atomic E-state index is 11.7. The number of allylic oxidation sites excluding steroid dienone is 1. The zero-order valence-electron chi connectivity index (χ0n) is 11.9. The molecule has 0 fully saturated rings. The molecule has 0 aliphatic rings. The third-order valence-corrected chi connectivity index (χ3v) is 2.03. The van der Waals surface area contributed by atoms with Gasteiger partial charge in [0, 0.05) is 0 Å². The molecule has 0 rings (SSSR count). The molecule has 6 heteroatoms. The lowest BCUT2D eigenvalue weighted by Gasteiger charge is -2.27. The van der Waals surface area contributed by atoms with Crippen molar-refractivity contribution in [2.75, 3.05) is 7.11 Å². The first-order valence-corrected chi connectivity index (χ1v) is 5.79. The highest BCUT2D eigenvalue weighted by molar-refractivity contribution is 5.87. The van der Waals surface area contributed by atoms with Gasteiger partial charge in [0.05, 0.1) is 19.6 Å². The van der Waals surface area contributed by atoms with E-state index in [1.165, 1.54) is 26.2 Å². The number of carbonyl (C=O) groups excluding carboxylic acids is 2. The molecule has 0 aromatic carbocycles. The van der Waals surface area contributed by atoms with Gasteiger partial charge >= 0.3 is 12.1 Å². The first-order valence-electron chi connectivity index (χ1n) is 5.79. The first-order chi connectivity index (χ1) is 8.64. The average molecular weight is 268 g/mol. The smallest absolute Gasteiger partial charge is 0.408 e. The van der Waals surface area contributed by atoms with Gasteiger partial charge < -0.3 is 14.8 Å². The lowest BCUT2D eigenvalue weighted by molar-refractivity contribution is -0.145. The molecular weight excluding hydrogens is 248 g/mol. The fourth-order valence-electron chi connectivity index (χ4n) is 1.24. The van der Waals surface area contributed by atoms with Gasteiger partial charge in [0.2, 0.25) is 0 Å². The number of methoxy groups -OCH3 is 1. The fourth-order valence-corrected chi connectivity index (χ4v) is 1.24. The van der Waals surface area contributed by atoms with E-state index in [0.717, 1.165) is 0 Å². The summed E-state index contributed by atoms with van der Waals surface area (Å²) in [5, 5.41) is 10.9. The van der Waals surface area contributed by atoms with E-state index in [4.69, 9.17) is 10.00 Å². The number of nitrogens with one attached hydrogen (secondary N) is 1. The molecule has 0 radical (unpaired) electrons. The lowest BCUT2D eigenvalue weighted by Crippen LogP contribution is -2.52. The molecule has 1 N–H and O–H groups in total. The Kier molecular flexibility index (Phi) is 6.06.